The molecule has 1 aromatic heterocycles. The van der Waals surface area contributed by atoms with Crippen molar-refractivity contribution in [2.24, 2.45) is 0 Å². The number of piperidine rings is 1. The Morgan fingerprint density at radius 2 is 1.50 bits per heavy atom. The summed E-state index contributed by atoms with van der Waals surface area (Å²) in [5, 5.41) is 40.7. The Bertz CT molecular complexity index is 530. The predicted octanol–water partition coefficient (Wildman–Crippen LogP) is -0.844. The van der Waals surface area contributed by atoms with Crippen LogP contribution in [0.2, 0.25) is 0 Å². The lowest BCUT2D eigenvalue weighted by molar-refractivity contribution is -0.159. The number of hydrogen-bond acceptors (Lipinski definition) is 8. The molecule has 1 aliphatic heterocycles. The zero-order chi connectivity index (χ0) is 18.7. The van der Waals surface area contributed by atoms with Gasteiger partial charge in [-0.1, -0.05) is 0 Å². The van der Waals surface area contributed by atoms with Crippen LogP contribution in [0.3, 0.4) is 0 Å². The average Bonchev–Trinajstić information content (AvgIpc) is 2.96. The third-order valence-corrected chi connectivity index (χ3v) is 2.55. The van der Waals surface area contributed by atoms with Crippen LogP contribution in [0, 0.1) is 6.92 Å². The molecule has 12 nitrogen and oxygen atoms in total. The van der Waals surface area contributed by atoms with Crippen LogP contribution in [0.1, 0.15) is 30.5 Å². The molecule has 12 heteroatoms. The highest BCUT2D eigenvalue weighted by atomic mass is 16.4. The summed E-state index contributed by atoms with van der Waals surface area (Å²) in [5.74, 6) is -5.41. The standard InChI is InChI=1S/C8H13N3O.2C2H2O4/c1-6-10-11-8(12-6)7-3-2-4-9-5-7;2*3-1(4)2(5)6/h7,9H,2-5H2,1H3;2*(H,3,4)(H,5,6). The van der Waals surface area contributed by atoms with Gasteiger partial charge in [-0.3, -0.25) is 0 Å². The van der Waals surface area contributed by atoms with Gasteiger partial charge < -0.3 is 30.2 Å². The third kappa shape index (κ3) is 9.09. The van der Waals surface area contributed by atoms with Crippen molar-refractivity contribution < 1.29 is 44.0 Å². The maximum atomic E-state index is 9.10. The molecule has 2 rings (SSSR count). The summed E-state index contributed by atoms with van der Waals surface area (Å²) in [6, 6.07) is 0. The summed E-state index contributed by atoms with van der Waals surface area (Å²) >= 11 is 0. The van der Waals surface area contributed by atoms with Crippen LogP contribution in [0.4, 0.5) is 0 Å². The molecule has 134 valence electrons. The van der Waals surface area contributed by atoms with E-state index in [0.29, 0.717) is 11.8 Å². The minimum Gasteiger partial charge on any atom is -0.473 e. The molecule has 1 atom stereocenters. The number of aromatic nitrogens is 2. The topological polar surface area (TPSA) is 200 Å². The van der Waals surface area contributed by atoms with Crippen LogP contribution in [0.15, 0.2) is 4.42 Å². The Morgan fingerprint density at radius 3 is 1.79 bits per heavy atom. The van der Waals surface area contributed by atoms with Gasteiger partial charge in [0.05, 0.1) is 0 Å². The Hall–Kier alpha value is -3.02. The maximum absolute atomic E-state index is 9.10. The molecule has 0 saturated carbocycles. The van der Waals surface area contributed by atoms with Gasteiger partial charge in [-0.2, -0.15) is 0 Å². The Kier molecular flexibility index (Phi) is 9.32. The van der Waals surface area contributed by atoms with E-state index in [0.717, 1.165) is 25.4 Å². The molecule has 1 unspecified atom stereocenters. The largest absolute Gasteiger partial charge is 0.473 e. The number of aryl methyl sites for hydroxylation is 1. The van der Waals surface area contributed by atoms with Crippen molar-refractivity contribution in [3.8, 4) is 0 Å². The molecule has 0 amide bonds. The number of nitrogens with zero attached hydrogens (tertiary/aromatic N) is 2. The maximum Gasteiger partial charge on any atom is 0.414 e. The van der Waals surface area contributed by atoms with Gasteiger partial charge in [-0.15, -0.1) is 10.2 Å². The minimum atomic E-state index is -1.82. The highest BCUT2D eigenvalue weighted by Gasteiger charge is 2.19. The molecule has 1 fully saturated rings. The molecule has 0 aliphatic carbocycles. The van der Waals surface area contributed by atoms with E-state index in [1.54, 1.807) is 0 Å². The number of carboxylic acids is 4. The predicted molar refractivity (Wildman–Crippen MR) is 74.4 cm³/mol. The number of carbonyl (C=O) groups is 4. The molecule has 5 N–H and O–H groups in total. The van der Waals surface area contributed by atoms with Gasteiger partial charge in [0.2, 0.25) is 11.8 Å². The summed E-state index contributed by atoms with van der Waals surface area (Å²) < 4.78 is 5.36. The number of hydrogen-bond donors (Lipinski definition) is 5. The van der Waals surface area contributed by atoms with E-state index in [-0.39, 0.29) is 0 Å². The number of rotatable bonds is 1. The van der Waals surface area contributed by atoms with Crippen LogP contribution in [0.5, 0.6) is 0 Å². The molecule has 1 saturated heterocycles. The number of carboxylic acid groups (broad SMARTS) is 4. The highest BCUT2D eigenvalue weighted by molar-refractivity contribution is 6.27. The van der Waals surface area contributed by atoms with E-state index >= 15 is 0 Å². The molecule has 0 radical (unpaired) electrons. The van der Waals surface area contributed by atoms with Crippen LogP contribution in [-0.4, -0.2) is 67.6 Å². The molecule has 0 aromatic carbocycles. The molecular formula is C12H17N3O9. The van der Waals surface area contributed by atoms with Gasteiger partial charge in [-0.25, -0.2) is 19.2 Å². The van der Waals surface area contributed by atoms with Gasteiger partial charge >= 0.3 is 23.9 Å². The Balaban J connectivity index is 0.000000377. The van der Waals surface area contributed by atoms with Crippen molar-refractivity contribution in [3.63, 3.8) is 0 Å². The van der Waals surface area contributed by atoms with Crippen molar-refractivity contribution in [2.45, 2.75) is 25.7 Å². The van der Waals surface area contributed by atoms with Crippen molar-refractivity contribution in [2.75, 3.05) is 13.1 Å². The lowest BCUT2D eigenvalue weighted by atomic mass is 10.00. The summed E-state index contributed by atoms with van der Waals surface area (Å²) in [6.45, 7) is 3.91. The van der Waals surface area contributed by atoms with E-state index in [2.05, 4.69) is 15.5 Å². The van der Waals surface area contributed by atoms with Gasteiger partial charge in [0.15, 0.2) is 0 Å². The van der Waals surface area contributed by atoms with Gasteiger partial charge in [0.1, 0.15) is 0 Å². The smallest absolute Gasteiger partial charge is 0.414 e. The first-order valence-electron chi connectivity index (χ1n) is 6.58. The molecule has 1 aliphatic rings. The average molecular weight is 347 g/mol. The second kappa shape index (κ2) is 10.7. The van der Waals surface area contributed by atoms with Gasteiger partial charge in [0.25, 0.3) is 0 Å². The number of aliphatic carboxylic acids is 4. The molecule has 0 bridgehead atoms. The highest BCUT2D eigenvalue weighted by Crippen LogP contribution is 2.21. The molecular weight excluding hydrogens is 330 g/mol. The molecule has 1 aromatic rings. The van der Waals surface area contributed by atoms with Crippen molar-refractivity contribution in [1.29, 1.82) is 0 Å². The van der Waals surface area contributed by atoms with Crippen LogP contribution >= 0.6 is 0 Å². The second-order valence-corrected chi connectivity index (χ2v) is 4.42. The number of nitrogens with one attached hydrogen (secondary N) is 1. The fourth-order valence-electron chi connectivity index (χ4n) is 1.54. The minimum absolute atomic E-state index is 0.431. The first-order chi connectivity index (χ1) is 11.1. The van der Waals surface area contributed by atoms with Crippen molar-refractivity contribution in [3.05, 3.63) is 11.8 Å². The van der Waals surface area contributed by atoms with Crippen molar-refractivity contribution >= 4 is 23.9 Å². The Morgan fingerprint density at radius 1 is 1.00 bits per heavy atom. The fraction of sp³-hybridized carbons (Fsp3) is 0.500. The first kappa shape index (κ1) is 21.0. The summed E-state index contributed by atoms with van der Waals surface area (Å²) in [5.41, 5.74) is 0. The van der Waals surface area contributed by atoms with Gasteiger partial charge in [-0.05, 0) is 19.4 Å². The quantitative estimate of drug-likeness (QED) is 0.395. The lowest BCUT2D eigenvalue weighted by Crippen LogP contribution is -2.28. The van der Waals surface area contributed by atoms with Crippen LogP contribution in [0.25, 0.3) is 0 Å². The van der Waals surface area contributed by atoms with E-state index in [1.165, 1.54) is 6.42 Å². The zero-order valence-electron chi connectivity index (χ0n) is 12.6. The molecule has 0 spiro atoms. The summed E-state index contributed by atoms with van der Waals surface area (Å²) in [7, 11) is 0. The summed E-state index contributed by atoms with van der Waals surface area (Å²) in [6.07, 6.45) is 2.36. The van der Waals surface area contributed by atoms with Crippen molar-refractivity contribution in [1.82, 2.24) is 15.5 Å². The van der Waals surface area contributed by atoms with Crippen LogP contribution in [-0.2, 0) is 19.2 Å². The normalized spacial score (nSPS) is 15.8. The van der Waals surface area contributed by atoms with E-state index in [4.69, 9.17) is 44.0 Å². The lowest BCUT2D eigenvalue weighted by Gasteiger charge is -2.18. The monoisotopic (exact) mass is 347 g/mol. The second-order valence-electron chi connectivity index (χ2n) is 4.42. The van der Waals surface area contributed by atoms with E-state index in [9.17, 15) is 0 Å². The van der Waals surface area contributed by atoms with Crippen LogP contribution < -0.4 is 5.32 Å². The SMILES string of the molecule is Cc1nnc(C2CCCNC2)o1.O=C(O)C(=O)O.O=C(O)C(=O)O. The summed E-state index contributed by atoms with van der Waals surface area (Å²) in [4.78, 5) is 36.4. The van der Waals surface area contributed by atoms with E-state index in [1.807, 2.05) is 6.92 Å². The third-order valence-electron chi connectivity index (χ3n) is 2.55. The fourth-order valence-corrected chi connectivity index (χ4v) is 1.54. The first-order valence-corrected chi connectivity index (χ1v) is 6.58. The zero-order valence-corrected chi connectivity index (χ0v) is 12.6. The molecule has 24 heavy (non-hydrogen) atoms. The van der Waals surface area contributed by atoms with E-state index < -0.39 is 23.9 Å². The Labute approximate surface area is 135 Å². The van der Waals surface area contributed by atoms with Gasteiger partial charge in [0, 0.05) is 19.4 Å². The molecule has 2 heterocycles.